The second-order valence-electron chi connectivity index (χ2n) is 5.56. The van der Waals surface area contributed by atoms with Crippen LogP contribution in [0.15, 0.2) is 24.5 Å². The third-order valence-electron chi connectivity index (χ3n) is 3.99. The van der Waals surface area contributed by atoms with Crippen LogP contribution in [0.25, 0.3) is 0 Å². The van der Waals surface area contributed by atoms with Gasteiger partial charge in [0.2, 0.25) is 17.8 Å². The van der Waals surface area contributed by atoms with Gasteiger partial charge in [-0.15, -0.1) is 0 Å². The molecule has 2 aromatic rings. The quantitative estimate of drug-likeness (QED) is 0.852. The molecule has 9 heteroatoms. The first kappa shape index (κ1) is 14.5. The van der Waals surface area contributed by atoms with E-state index in [1.807, 2.05) is 0 Å². The highest BCUT2D eigenvalue weighted by molar-refractivity contribution is 6.03. The summed E-state index contributed by atoms with van der Waals surface area (Å²) >= 11 is 0. The van der Waals surface area contributed by atoms with Crippen molar-refractivity contribution < 1.29 is 19.1 Å². The van der Waals surface area contributed by atoms with Crippen LogP contribution < -0.4 is 19.7 Å². The zero-order valence-corrected chi connectivity index (χ0v) is 12.7. The fraction of sp³-hybridized carbons (Fsp3) is 0.333. The third kappa shape index (κ3) is 2.64. The van der Waals surface area contributed by atoms with E-state index in [2.05, 4.69) is 20.5 Å². The van der Waals surface area contributed by atoms with E-state index in [4.69, 9.17) is 9.47 Å². The second kappa shape index (κ2) is 5.84. The molecule has 1 fully saturated rings. The van der Waals surface area contributed by atoms with E-state index in [-0.39, 0.29) is 24.2 Å². The Kier molecular flexibility index (Phi) is 3.52. The van der Waals surface area contributed by atoms with Crippen LogP contribution in [-0.2, 0) is 9.59 Å². The number of ether oxygens (including phenoxy) is 2. The summed E-state index contributed by atoms with van der Waals surface area (Å²) in [5.74, 6) is 0.725. The lowest BCUT2D eigenvalue weighted by atomic mass is 10.1. The van der Waals surface area contributed by atoms with Crippen LogP contribution in [0.3, 0.4) is 0 Å². The lowest BCUT2D eigenvalue weighted by Crippen LogP contribution is -2.28. The van der Waals surface area contributed by atoms with Crippen molar-refractivity contribution in [2.45, 2.75) is 6.42 Å². The average Bonchev–Trinajstić information content (AvgIpc) is 3.24. The summed E-state index contributed by atoms with van der Waals surface area (Å²) in [6.45, 7) is 1.30. The first-order valence-electron chi connectivity index (χ1n) is 7.57. The van der Waals surface area contributed by atoms with E-state index in [0.29, 0.717) is 36.9 Å². The van der Waals surface area contributed by atoms with Crippen LogP contribution in [-0.4, -0.2) is 46.8 Å². The number of H-pyrrole nitrogens is 1. The smallest absolute Gasteiger partial charge is 0.232 e. The van der Waals surface area contributed by atoms with Crippen LogP contribution >= 0.6 is 0 Å². The van der Waals surface area contributed by atoms with Crippen LogP contribution in [0.1, 0.15) is 6.42 Å². The molecule has 9 nitrogen and oxygen atoms in total. The highest BCUT2D eigenvalue weighted by Crippen LogP contribution is 2.36. The molecule has 0 unspecified atom stereocenters. The minimum Gasteiger partial charge on any atom is -0.486 e. The zero-order chi connectivity index (χ0) is 16.5. The normalized spacial score (nSPS) is 19.4. The van der Waals surface area contributed by atoms with Gasteiger partial charge in [-0.1, -0.05) is 0 Å². The van der Waals surface area contributed by atoms with Crippen molar-refractivity contribution in [3.63, 3.8) is 0 Å². The number of fused-ring (bicyclic) bond motifs is 1. The van der Waals surface area contributed by atoms with Gasteiger partial charge in [0.1, 0.15) is 19.5 Å². The number of aromatic amines is 1. The summed E-state index contributed by atoms with van der Waals surface area (Å²) in [5.41, 5.74) is 0.694. The Labute approximate surface area is 137 Å². The molecule has 24 heavy (non-hydrogen) atoms. The average molecular weight is 329 g/mol. The Morgan fingerprint density at radius 3 is 2.92 bits per heavy atom. The van der Waals surface area contributed by atoms with Gasteiger partial charge in [-0.2, -0.15) is 10.1 Å². The summed E-state index contributed by atoms with van der Waals surface area (Å²) in [6, 6.07) is 5.34. The molecule has 0 radical (unpaired) electrons. The highest BCUT2D eigenvalue weighted by Gasteiger charge is 2.35. The van der Waals surface area contributed by atoms with Crippen molar-refractivity contribution in [2.24, 2.45) is 5.92 Å². The highest BCUT2D eigenvalue weighted by atomic mass is 16.6. The van der Waals surface area contributed by atoms with Crippen molar-refractivity contribution in [3.8, 4) is 11.5 Å². The van der Waals surface area contributed by atoms with Crippen LogP contribution in [0.4, 0.5) is 11.6 Å². The molecule has 2 aliphatic heterocycles. The molecule has 3 heterocycles. The topological polar surface area (TPSA) is 109 Å². The Balaban J connectivity index is 1.49. The Morgan fingerprint density at radius 2 is 2.12 bits per heavy atom. The molecule has 2 amide bonds. The molecule has 124 valence electrons. The van der Waals surface area contributed by atoms with E-state index < -0.39 is 5.92 Å². The maximum Gasteiger partial charge on any atom is 0.232 e. The summed E-state index contributed by atoms with van der Waals surface area (Å²) in [4.78, 5) is 30.0. The van der Waals surface area contributed by atoms with E-state index in [0.717, 1.165) is 0 Å². The molecule has 4 rings (SSSR count). The van der Waals surface area contributed by atoms with E-state index >= 15 is 0 Å². The molecule has 0 bridgehead atoms. The number of hydrogen-bond acceptors (Lipinski definition) is 6. The predicted octanol–water partition coefficient (Wildman–Crippen LogP) is 0.567. The number of nitrogens with one attached hydrogen (secondary N) is 2. The number of anilines is 2. The van der Waals surface area contributed by atoms with Crippen LogP contribution in [0, 0.1) is 5.92 Å². The summed E-state index contributed by atoms with van der Waals surface area (Å²) in [7, 11) is 0. The summed E-state index contributed by atoms with van der Waals surface area (Å²) in [5, 5.41) is 8.84. The van der Waals surface area contributed by atoms with Crippen molar-refractivity contribution in [3.05, 3.63) is 24.5 Å². The van der Waals surface area contributed by atoms with Gasteiger partial charge >= 0.3 is 0 Å². The number of rotatable bonds is 3. The largest absolute Gasteiger partial charge is 0.486 e. The van der Waals surface area contributed by atoms with Crippen LogP contribution in [0.2, 0.25) is 0 Å². The lowest BCUT2D eigenvalue weighted by Gasteiger charge is -2.22. The van der Waals surface area contributed by atoms with Gasteiger partial charge in [0.25, 0.3) is 0 Å². The minimum atomic E-state index is -0.448. The molecule has 1 aromatic carbocycles. The molecule has 1 aromatic heterocycles. The van der Waals surface area contributed by atoms with E-state index in [9.17, 15) is 9.59 Å². The molecule has 2 N–H and O–H groups in total. The third-order valence-corrected chi connectivity index (χ3v) is 3.99. The number of carbonyl (C=O) groups excluding carboxylic acids is 2. The van der Waals surface area contributed by atoms with Crippen molar-refractivity contribution in [1.82, 2.24) is 15.2 Å². The van der Waals surface area contributed by atoms with Gasteiger partial charge in [0.05, 0.1) is 5.92 Å². The van der Waals surface area contributed by atoms with Gasteiger partial charge in [-0.25, -0.2) is 5.10 Å². The van der Waals surface area contributed by atoms with Crippen molar-refractivity contribution in [1.29, 1.82) is 0 Å². The Morgan fingerprint density at radius 1 is 1.29 bits per heavy atom. The van der Waals surface area contributed by atoms with E-state index in [1.54, 1.807) is 23.1 Å². The number of aromatic nitrogens is 3. The zero-order valence-electron chi connectivity index (χ0n) is 12.7. The number of benzene rings is 1. The summed E-state index contributed by atoms with van der Waals surface area (Å²) < 4.78 is 11.0. The molecule has 1 saturated heterocycles. The number of amides is 2. The monoisotopic (exact) mass is 329 g/mol. The fourth-order valence-electron chi connectivity index (χ4n) is 2.82. The van der Waals surface area contributed by atoms with Crippen molar-refractivity contribution >= 4 is 23.5 Å². The molecule has 2 aliphatic rings. The van der Waals surface area contributed by atoms with Crippen LogP contribution in [0.5, 0.6) is 11.5 Å². The van der Waals surface area contributed by atoms with E-state index in [1.165, 1.54) is 6.33 Å². The standard InChI is InChI=1S/C15H15N5O4/c21-13-5-9(14(22)18-15-16-8-17-19-15)7-20(13)10-1-2-11-12(6-10)24-4-3-23-11/h1-2,6,8-9H,3-5,7H2,(H2,16,17,18,19,22)/t9-/m0/s1. The lowest BCUT2D eigenvalue weighted by molar-refractivity contribution is -0.122. The van der Waals surface area contributed by atoms with Gasteiger partial charge in [-0.3, -0.25) is 14.9 Å². The summed E-state index contributed by atoms with van der Waals surface area (Å²) in [6.07, 6.45) is 1.45. The Bertz CT molecular complexity index is 776. The number of nitrogens with zero attached hydrogens (tertiary/aromatic N) is 3. The van der Waals surface area contributed by atoms with Gasteiger partial charge in [0, 0.05) is 24.7 Å². The molecule has 0 saturated carbocycles. The maximum absolute atomic E-state index is 12.3. The van der Waals surface area contributed by atoms with Gasteiger partial charge in [-0.05, 0) is 12.1 Å². The first-order valence-corrected chi connectivity index (χ1v) is 7.57. The SMILES string of the molecule is O=C(Nc1ncn[nH]1)[C@H]1CC(=O)N(c2ccc3c(c2)OCCO3)C1. The number of carbonyl (C=O) groups is 2. The Hall–Kier alpha value is -3.10. The molecule has 0 spiro atoms. The molecule has 1 atom stereocenters. The molecule has 0 aliphatic carbocycles. The molecular weight excluding hydrogens is 314 g/mol. The second-order valence-corrected chi connectivity index (χ2v) is 5.56. The predicted molar refractivity (Wildman–Crippen MR) is 82.9 cm³/mol. The van der Waals surface area contributed by atoms with Gasteiger partial charge < -0.3 is 14.4 Å². The van der Waals surface area contributed by atoms with Crippen molar-refractivity contribution in [2.75, 3.05) is 30.0 Å². The van der Waals surface area contributed by atoms with Gasteiger partial charge in [0.15, 0.2) is 11.5 Å². The minimum absolute atomic E-state index is 0.107. The molecular formula is C15H15N5O4. The fourth-order valence-corrected chi connectivity index (χ4v) is 2.82. The maximum atomic E-state index is 12.3. The number of hydrogen-bond donors (Lipinski definition) is 2. The first-order chi connectivity index (χ1) is 11.7.